The van der Waals surface area contributed by atoms with Crippen molar-refractivity contribution < 1.29 is 4.74 Å². The second kappa shape index (κ2) is 5.64. The lowest BCUT2D eigenvalue weighted by molar-refractivity contribution is 0.317. The fraction of sp³-hybridized carbons (Fsp3) is 0.231. The van der Waals surface area contributed by atoms with Gasteiger partial charge in [-0.05, 0) is 24.6 Å². The predicted octanol–water partition coefficient (Wildman–Crippen LogP) is 3.59. The Hall–Kier alpha value is -1.61. The van der Waals surface area contributed by atoms with Crippen LogP contribution in [0.5, 0.6) is 5.75 Å². The molecule has 0 fully saturated rings. The number of hydrogen-bond acceptors (Lipinski definition) is 3. The molecule has 0 saturated heterocycles. The van der Waals surface area contributed by atoms with Crippen LogP contribution in [-0.4, -0.2) is 16.6 Å². The predicted molar refractivity (Wildman–Crippen MR) is 68.3 cm³/mol. The molecule has 88 valence electrons. The average Bonchev–Trinajstić information content (AvgIpc) is 2.37. The van der Waals surface area contributed by atoms with Gasteiger partial charge in [0.15, 0.2) is 5.82 Å². The largest absolute Gasteiger partial charge is 0.494 e. The zero-order chi connectivity index (χ0) is 12.1. The Balaban J connectivity index is 2.26. The van der Waals surface area contributed by atoms with E-state index < -0.39 is 0 Å². The Morgan fingerprint density at radius 3 is 2.94 bits per heavy atom. The summed E-state index contributed by atoms with van der Waals surface area (Å²) in [4.78, 5) is 8.34. The molecule has 3 nitrogen and oxygen atoms in total. The fourth-order valence-corrected chi connectivity index (χ4v) is 1.56. The summed E-state index contributed by atoms with van der Waals surface area (Å²) in [5.41, 5.74) is 0.904. The third-order valence-corrected chi connectivity index (χ3v) is 2.40. The molecule has 4 heteroatoms. The maximum absolute atomic E-state index is 5.84. The molecule has 0 N–H and O–H groups in total. The van der Waals surface area contributed by atoms with E-state index in [0.717, 1.165) is 17.7 Å². The van der Waals surface area contributed by atoms with Gasteiger partial charge in [-0.3, -0.25) is 0 Å². The number of benzene rings is 1. The topological polar surface area (TPSA) is 35.0 Å². The summed E-state index contributed by atoms with van der Waals surface area (Å²) in [6.07, 6.45) is 2.63. The van der Waals surface area contributed by atoms with Gasteiger partial charge in [0.25, 0.3) is 0 Å². The first kappa shape index (κ1) is 11.9. The monoisotopic (exact) mass is 248 g/mol. The van der Waals surface area contributed by atoms with E-state index in [9.17, 15) is 0 Å². The van der Waals surface area contributed by atoms with E-state index in [1.807, 2.05) is 24.3 Å². The molecule has 0 aliphatic carbocycles. The molecule has 0 saturated carbocycles. The molecule has 0 aliphatic rings. The van der Waals surface area contributed by atoms with Crippen LogP contribution in [0.2, 0.25) is 5.15 Å². The molecule has 0 aliphatic heterocycles. The van der Waals surface area contributed by atoms with Gasteiger partial charge >= 0.3 is 0 Å². The van der Waals surface area contributed by atoms with Crippen molar-refractivity contribution in [2.45, 2.75) is 13.3 Å². The van der Waals surface area contributed by atoms with Crippen molar-refractivity contribution in [3.05, 3.63) is 41.7 Å². The van der Waals surface area contributed by atoms with Crippen LogP contribution in [0, 0.1) is 0 Å². The van der Waals surface area contributed by atoms with E-state index in [0.29, 0.717) is 17.6 Å². The Morgan fingerprint density at radius 1 is 1.29 bits per heavy atom. The van der Waals surface area contributed by atoms with Crippen LogP contribution in [0.1, 0.15) is 13.3 Å². The molecule has 2 aromatic rings. The highest BCUT2D eigenvalue weighted by atomic mass is 35.5. The second-order valence-corrected chi connectivity index (χ2v) is 3.97. The fourth-order valence-electron chi connectivity index (χ4n) is 1.42. The average molecular weight is 249 g/mol. The third kappa shape index (κ3) is 3.17. The van der Waals surface area contributed by atoms with E-state index in [1.54, 1.807) is 12.3 Å². The maximum Gasteiger partial charge on any atom is 0.160 e. The van der Waals surface area contributed by atoms with Crippen molar-refractivity contribution >= 4 is 11.6 Å². The second-order valence-electron chi connectivity index (χ2n) is 3.58. The highest BCUT2D eigenvalue weighted by Gasteiger charge is 2.03. The van der Waals surface area contributed by atoms with Gasteiger partial charge in [0, 0.05) is 11.8 Å². The van der Waals surface area contributed by atoms with Gasteiger partial charge in [0.2, 0.25) is 0 Å². The zero-order valence-electron chi connectivity index (χ0n) is 9.56. The number of nitrogens with zero attached hydrogens (tertiary/aromatic N) is 2. The summed E-state index contributed by atoms with van der Waals surface area (Å²) in [5, 5.41) is 0.440. The quantitative estimate of drug-likeness (QED) is 0.776. The first-order valence-electron chi connectivity index (χ1n) is 5.51. The summed E-state index contributed by atoms with van der Waals surface area (Å²) in [5.74, 6) is 1.44. The van der Waals surface area contributed by atoms with Gasteiger partial charge in [0.05, 0.1) is 6.61 Å². The smallest absolute Gasteiger partial charge is 0.160 e. The lowest BCUT2D eigenvalue weighted by Gasteiger charge is -2.06. The van der Waals surface area contributed by atoms with Crippen molar-refractivity contribution in [3.8, 4) is 17.1 Å². The van der Waals surface area contributed by atoms with E-state index in [2.05, 4.69) is 16.9 Å². The summed E-state index contributed by atoms with van der Waals surface area (Å²) in [6.45, 7) is 2.78. The molecule has 0 unspecified atom stereocenters. The zero-order valence-corrected chi connectivity index (χ0v) is 10.3. The molecular formula is C13H13ClN2O. The summed E-state index contributed by atoms with van der Waals surface area (Å²) >= 11 is 5.84. The minimum absolute atomic E-state index is 0.440. The molecule has 0 atom stereocenters. The van der Waals surface area contributed by atoms with Gasteiger partial charge < -0.3 is 4.74 Å². The van der Waals surface area contributed by atoms with Crippen molar-refractivity contribution in [1.82, 2.24) is 9.97 Å². The van der Waals surface area contributed by atoms with Crippen molar-refractivity contribution in [2.75, 3.05) is 6.61 Å². The van der Waals surface area contributed by atoms with E-state index in [1.165, 1.54) is 0 Å². The van der Waals surface area contributed by atoms with Crippen LogP contribution in [0.25, 0.3) is 11.4 Å². The lowest BCUT2D eigenvalue weighted by atomic mass is 10.2. The molecule has 17 heavy (non-hydrogen) atoms. The van der Waals surface area contributed by atoms with Gasteiger partial charge in [-0.1, -0.05) is 30.7 Å². The van der Waals surface area contributed by atoms with Gasteiger partial charge in [-0.25, -0.2) is 9.97 Å². The van der Waals surface area contributed by atoms with Crippen LogP contribution in [0.15, 0.2) is 36.5 Å². The van der Waals surface area contributed by atoms with E-state index in [4.69, 9.17) is 16.3 Å². The number of rotatable bonds is 4. The molecule has 1 aromatic heterocycles. The first-order valence-corrected chi connectivity index (χ1v) is 5.89. The summed E-state index contributed by atoms with van der Waals surface area (Å²) < 4.78 is 5.56. The van der Waals surface area contributed by atoms with Crippen molar-refractivity contribution in [3.63, 3.8) is 0 Å². The molecule has 2 rings (SSSR count). The Morgan fingerprint density at radius 2 is 2.18 bits per heavy atom. The number of halogens is 1. The minimum atomic E-state index is 0.440. The number of aromatic nitrogens is 2. The molecule has 0 bridgehead atoms. The summed E-state index contributed by atoms with van der Waals surface area (Å²) in [6, 6.07) is 9.35. The molecule has 1 aromatic carbocycles. The number of ether oxygens (including phenoxy) is 1. The van der Waals surface area contributed by atoms with Crippen LogP contribution in [0.4, 0.5) is 0 Å². The highest BCUT2D eigenvalue weighted by Crippen LogP contribution is 2.21. The minimum Gasteiger partial charge on any atom is -0.494 e. The molecule has 0 radical (unpaired) electrons. The van der Waals surface area contributed by atoms with Crippen LogP contribution in [-0.2, 0) is 0 Å². The Labute approximate surface area is 105 Å². The molecular weight excluding hydrogens is 236 g/mol. The van der Waals surface area contributed by atoms with E-state index in [-0.39, 0.29) is 0 Å². The van der Waals surface area contributed by atoms with Crippen molar-refractivity contribution in [2.24, 2.45) is 0 Å². The highest BCUT2D eigenvalue weighted by molar-refractivity contribution is 6.29. The standard InChI is InChI=1S/C13H13ClN2O/c1-2-8-17-11-5-3-4-10(9-11)13-15-7-6-12(14)16-13/h3-7,9H,2,8H2,1H3. The van der Waals surface area contributed by atoms with Crippen LogP contribution >= 0.6 is 11.6 Å². The van der Waals surface area contributed by atoms with Gasteiger partial charge in [-0.15, -0.1) is 0 Å². The first-order chi connectivity index (χ1) is 8.29. The third-order valence-electron chi connectivity index (χ3n) is 2.19. The normalized spacial score (nSPS) is 10.2. The molecule has 1 heterocycles. The van der Waals surface area contributed by atoms with Gasteiger partial charge in [0.1, 0.15) is 10.9 Å². The Kier molecular flexibility index (Phi) is 3.94. The number of hydrogen-bond donors (Lipinski definition) is 0. The molecule has 0 amide bonds. The lowest BCUT2D eigenvalue weighted by Crippen LogP contribution is -1.95. The SMILES string of the molecule is CCCOc1cccc(-c2nccc(Cl)n2)c1. The van der Waals surface area contributed by atoms with Crippen molar-refractivity contribution in [1.29, 1.82) is 0 Å². The van der Waals surface area contributed by atoms with E-state index >= 15 is 0 Å². The van der Waals surface area contributed by atoms with Gasteiger partial charge in [-0.2, -0.15) is 0 Å². The summed E-state index contributed by atoms with van der Waals surface area (Å²) in [7, 11) is 0. The van der Waals surface area contributed by atoms with Crippen LogP contribution in [0.3, 0.4) is 0 Å². The maximum atomic E-state index is 5.84. The Bertz CT molecular complexity index is 502. The molecule has 0 spiro atoms. The van der Waals surface area contributed by atoms with Crippen LogP contribution < -0.4 is 4.74 Å².